The van der Waals surface area contributed by atoms with Crippen molar-refractivity contribution in [2.45, 2.75) is 19.7 Å². The Hall–Kier alpha value is -2.53. The molecule has 0 atom stereocenters. The molecule has 0 aliphatic carbocycles. The Kier molecular flexibility index (Phi) is 5.17. The summed E-state index contributed by atoms with van der Waals surface area (Å²) in [6.45, 7) is 1.04. The monoisotopic (exact) mass is 330 g/mol. The third-order valence-corrected chi connectivity index (χ3v) is 2.11. The van der Waals surface area contributed by atoms with Gasteiger partial charge in [0.25, 0.3) is 6.43 Å². The van der Waals surface area contributed by atoms with Gasteiger partial charge in [-0.3, -0.25) is 0 Å². The standard InChI is InChI=1S/C10H7F5N2O5/c1-2-21-9(18)5-3-4(6(11)12)7(17(19)20)16-8(5)22-10(13,14)15/h3,6H,2H2,1H3. The molecule has 0 fully saturated rings. The molecule has 1 rings (SSSR count). The van der Waals surface area contributed by atoms with E-state index in [1.165, 1.54) is 6.92 Å². The van der Waals surface area contributed by atoms with E-state index in [-0.39, 0.29) is 12.7 Å². The third-order valence-electron chi connectivity index (χ3n) is 2.11. The first kappa shape index (κ1) is 17.5. The molecule has 0 saturated heterocycles. The fraction of sp³-hybridized carbons (Fsp3) is 0.400. The second-order valence-electron chi connectivity index (χ2n) is 3.58. The van der Waals surface area contributed by atoms with Crippen molar-refractivity contribution in [2.24, 2.45) is 0 Å². The number of alkyl halides is 5. The van der Waals surface area contributed by atoms with Crippen LogP contribution < -0.4 is 4.74 Å². The highest BCUT2D eigenvalue weighted by Gasteiger charge is 2.39. The van der Waals surface area contributed by atoms with Crippen LogP contribution in [0, 0.1) is 10.1 Å². The van der Waals surface area contributed by atoms with Gasteiger partial charge < -0.3 is 19.6 Å². The zero-order valence-electron chi connectivity index (χ0n) is 10.7. The van der Waals surface area contributed by atoms with Gasteiger partial charge in [0.15, 0.2) is 0 Å². The maximum atomic E-state index is 12.7. The van der Waals surface area contributed by atoms with E-state index in [1.54, 1.807) is 0 Å². The van der Waals surface area contributed by atoms with Crippen LogP contribution in [-0.2, 0) is 4.74 Å². The first-order valence-corrected chi connectivity index (χ1v) is 5.47. The van der Waals surface area contributed by atoms with Crippen molar-refractivity contribution >= 4 is 11.8 Å². The molecular formula is C10H7F5N2O5. The van der Waals surface area contributed by atoms with Gasteiger partial charge in [-0.05, 0) is 17.9 Å². The van der Waals surface area contributed by atoms with Crippen molar-refractivity contribution in [1.82, 2.24) is 4.98 Å². The molecule has 1 aromatic heterocycles. The zero-order valence-corrected chi connectivity index (χ0v) is 10.7. The van der Waals surface area contributed by atoms with E-state index in [4.69, 9.17) is 0 Å². The van der Waals surface area contributed by atoms with Crippen LogP contribution in [0.2, 0.25) is 0 Å². The number of hydrogen-bond acceptors (Lipinski definition) is 6. The molecule has 0 aromatic carbocycles. The number of esters is 1. The van der Waals surface area contributed by atoms with E-state index in [1.807, 2.05) is 0 Å². The second-order valence-corrected chi connectivity index (χ2v) is 3.58. The molecule has 1 aromatic rings. The number of rotatable bonds is 5. The van der Waals surface area contributed by atoms with Crippen LogP contribution in [0.3, 0.4) is 0 Å². The average Bonchev–Trinajstić information content (AvgIpc) is 2.36. The minimum atomic E-state index is -5.34. The summed E-state index contributed by atoms with van der Waals surface area (Å²) in [7, 11) is 0. The maximum absolute atomic E-state index is 12.7. The van der Waals surface area contributed by atoms with Crippen LogP contribution in [-0.4, -0.2) is 28.8 Å². The Balaban J connectivity index is 3.52. The lowest BCUT2D eigenvalue weighted by Crippen LogP contribution is -2.21. The summed E-state index contributed by atoms with van der Waals surface area (Å²) in [4.78, 5) is 23.4. The van der Waals surface area contributed by atoms with E-state index in [9.17, 15) is 36.9 Å². The van der Waals surface area contributed by atoms with Gasteiger partial charge in [-0.25, -0.2) is 13.6 Å². The van der Waals surface area contributed by atoms with Crippen molar-refractivity contribution in [3.05, 3.63) is 27.3 Å². The molecule has 0 amide bonds. The number of pyridine rings is 1. The number of carbonyl (C=O) groups is 1. The van der Waals surface area contributed by atoms with Crippen molar-refractivity contribution < 1.29 is 41.1 Å². The van der Waals surface area contributed by atoms with Gasteiger partial charge in [0.1, 0.15) is 11.1 Å². The molecule has 0 saturated carbocycles. The van der Waals surface area contributed by atoms with Gasteiger partial charge >= 0.3 is 24.0 Å². The van der Waals surface area contributed by atoms with Crippen LogP contribution in [0.1, 0.15) is 29.3 Å². The fourth-order valence-corrected chi connectivity index (χ4v) is 1.35. The predicted octanol–water partition coefficient (Wildman–Crippen LogP) is 3.00. The molecule has 0 spiro atoms. The Morgan fingerprint density at radius 3 is 2.45 bits per heavy atom. The molecule has 12 heteroatoms. The second kappa shape index (κ2) is 6.49. The van der Waals surface area contributed by atoms with Crippen LogP contribution in [0.4, 0.5) is 27.8 Å². The van der Waals surface area contributed by atoms with Crippen molar-refractivity contribution in [3.63, 3.8) is 0 Å². The van der Waals surface area contributed by atoms with Crippen LogP contribution >= 0.6 is 0 Å². The molecule has 0 N–H and O–H groups in total. The van der Waals surface area contributed by atoms with Crippen molar-refractivity contribution in [2.75, 3.05) is 6.61 Å². The van der Waals surface area contributed by atoms with Gasteiger partial charge in [-0.2, -0.15) is 0 Å². The highest BCUT2D eigenvalue weighted by atomic mass is 19.4. The average molecular weight is 330 g/mol. The molecule has 0 unspecified atom stereocenters. The summed E-state index contributed by atoms with van der Waals surface area (Å²) in [5, 5.41) is 10.6. The zero-order chi connectivity index (χ0) is 17.1. The molecule has 0 aliphatic heterocycles. The molecule has 0 aliphatic rings. The molecule has 0 bridgehead atoms. The first-order valence-electron chi connectivity index (χ1n) is 5.47. The molecule has 7 nitrogen and oxygen atoms in total. The number of hydrogen-bond donors (Lipinski definition) is 0. The highest BCUT2D eigenvalue weighted by molar-refractivity contribution is 5.92. The number of aromatic nitrogens is 1. The number of ether oxygens (including phenoxy) is 2. The van der Waals surface area contributed by atoms with Crippen molar-refractivity contribution in [1.29, 1.82) is 0 Å². The van der Waals surface area contributed by atoms with Crippen LogP contribution in [0.25, 0.3) is 0 Å². The van der Waals surface area contributed by atoms with Gasteiger partial charge in [0.05, 0.1) is 6.61 Å². The SMILES string of the molecule is CCOC(=O)c1cc(C(F)F)c([N+](=O)[O-])nc1OC(F)(F)F. The van der Waals surface area contributed by atoms with Gasteiger partial charge in [0.2, 0.25) is 0 Å². The van der Waals surface area contributed by atoms with Gasteiger partial charge in [-0.1, -0.05) is 0 Å². The van der Waals surface area contributed by atoms with Crippen molar-refractivity contribution in [3.8, 4) is 5.88 Å². The minimum absolute atomic E-state index is 0.189. The minimum Gasteiger partial charge on any atom is -0.462 e. The largest absolute Gasteiger partial charge is 0.575 e. The Bertz CT molecular complexity index is 590. The maximum Gasteiger partial charge on any atom is 0.575 e. The number of nitro groups is 1. The van der Waals surface area contributed by atoms with Crippen LogP contribution in [0.5, 0.6) is 5.88 Å². The normalized spacial score (nSPS) is 11.4. The van der Waals surface area contributed by atoms with E-state index in [2.05, 4.69) is 14.5 Å². The molecule has 122 valence electrons. The van der Waals surface area contributed by atoms with Crippen LogP contribution in [0.15, 0.2) is 6.07 Å². The van der Waals surface area contributed by atoms with Gasteiger partial charge in [0, 0.05) is 4.98 Å². The summed E-state index contributed by atoms with van der Waals surface area (Å²) in [5.74, 6) is -4.53. The van der Waals surface area contributed by atoms with Gasteiger partial charge in [-0.15, -0.1) is 13.2 Å². The Labute approximate surface area is 118 Å². The third kappa shape index (κ3) is 4.23. The topological polar surface area (TPSA) is 91.6 Å². The van der Waals surface area contributed by atoms with E-state index in [0.29, 0.717) is 0 Å². The van der Waals surface area contributed by atoms with E-state index >= 15 is 0 Å². The molecule has 22 heavy (non-hydrogen) atoms. The number of carbonyl (C=O) groups excluding carboxylic acids is 1. The summed E-state index contributed by atoms with van der Waals surface area (Å²) >= 11 is 0. The molecular weight excluding hydrogens is 323 g/mol. The predicted molar refractivity (Wildman–Crippen MR) is 58.5 cm³/mol. The van der Waals surface area contributed by atoms with E-state index in [0.717, 1.165) is 0 Å². The number of nitrogens with zero attached hydrogens (tertiary/aromatic N) is 2. The Morgan fingerprint density at radius 1 is 1.45 bits per heavy atom. The summed E-state index contributed by atoms with van der Waals surface area (Å²) < 4.78 is 69.9. The molecule has 1 heterocycles. The summed E-state index contributed by atoms with van der Waals surface area (Å²) in [5.41, 5.74) is -2.43. The number of halogens is 5. The lowest BCUT2D eigenvalue weighted by Gasteiger charge is -2.10. The lowest BCUT2D eigenvalue weighted by molar-refractivity contribution is -0.391. The smallest absolute Gasteiger partial charge is 0.462 e. The lowest BCUT2D eigenvalue weighted by atomic mass is 10.2. The quantitative estimate of drug-likeness (QED) is 0.357. The van der Waals surface area contributed by atoms with E-state index < -0.39 is 46.5 Å². The highest BCUT2D eigenvalue weighted by Crippen LogP contribution is 2.34. The fourth-order valence-electron chi connectivity index (χ4n) is 1.35. The summed E-state index contributed by atoms with van der Waals surface area (Å²) in [6, 6.07) is 0.189. The molecule has 0 radical (unpaired) electrons. The first-order chi connectivity index (χ1) is 10.1. The summed E-state index contributed by atoms with van der Waals surface area (Å²) in [6.07, 6.45) is -8.78. The Morgan fingerprint density at radius 2 is 2.05 bits per heavy atom.